The van der Waals surface area contributed by atoms with Crippen molar-refractivity contribution in [2.75, 3.05) is 10.5 Å². The van der Waals surface area contributed by atoms with Crippen LogP contribution in [0.3, 0.4) is 0 Å². The van der Waals surface area contributed by atoms with Crippen molar-refractivity contribution in [2.24, 2.45) is 0 Å². The van der Waals surface area contributed by atoms with Gasteiger partial charge in [-0.1, -0.05) is 28.1 Å². The number of rotatable bonds is 4. The van der Waals surface area contributed by atoms with Crippen molar-refractivity contribution in [1.82, 2.24) is 0 Å². The van der Waals surface area contributed by atoms with E-state index in [1.165, 1.54) is 0 Å². The zero-order valence-electron chi connectivity index (χ0n) is 10.3. The van der Waals surface area contributed by atoms with Crippen LogP contribution in [0.15, 0.2) is 51.4 Å². The predicted molar refractivity (Wildman–Crippen MR) is 88.9 cm³/mol. The Hall–Kier alpha value is -1.05. The first-order valence-electron chi connectivity index (χ1n) is 5.66. The first kappa shape index (κ1) is 15.3. The van der Waals surface area contributed by atoms with E-state index in [0.717, 1.165) is 4.47 Å². The molecule has 0 aliphatic carbocycles. The summed E-state index contributed by atoms with van der Waals surface area (Å²) in [5.74, 6) is -0.128. The lowest BCUT2D eigenvalue weighted by Crippen LogP contribution is -2.15. The number of hydrogen-bond donors (Lipinski definition) is 2. The molecule has 106 valence electrons. The monoisotopic (exact) mass is 418 g/mol. The van der Waals surface area contributed by atoms with E-state index >= 15 is 0 Å². The highest BCUT2D eigenvalue weighted by molar-refractivity contribution is 9.11. The Morgan fingerprint density at radius 3 is 2.55 bits per heavy atom. The van der Waals surface area contributed by atoms with E-state index < -0.39 is 10.0 Å². The minimum absolute atomic E-state index is 0.128. The highest BCUT2D eigenvalue weighted by Gasteiger charge is 2.14. The molecule has 0 saturated carbocycles. The average molecular weight is 420 g/mol. The number of nitrogens with two attached hydrogens (primary N) is 1. The number of hydrogen-bond acceptors (Lipinski definition) is 3. The Balaban J connectivity index is 2.21. The first-order valence-corrected chi connectivity index (χ1v) is 8.89. The van der Waals surface area contributed by atoms with Gasteiger partial charge >= 0.3 is 0 Å². The van der Waals surface area contributed by atoms with Crippen LogP contribution in [0.4, 0.5) is 11.4 Å². The Kier molecular flexibility index (Phi) is 4.72. The molecule has 0 heterocycles. The van der Waals surface area contributed by atoms with E-state index in [0.29, 0.717) is 21.4 Å². The molecule has 2 rings (SSSR count). The second kappa shape index (κ2) is 6.15. The van der Waals surface area contributed by atoms with Crippen LogP contribution in [0.1, 0.15) is 5.56 Å². The molecule has 0 aromatic heterocycles. The van der Waals surface area contributed by atoms with Crippen LogP contribution in [0.2, 0.25) is 0 Å². The molecule has 2 aromatic rings. The molecule has 7 heteroatoms. The summed E-state index contributed by atoms with van der Waals surface area (Å²) in [5.41, 5.74) is 7.32. The van der Waals surface area contributed by atoms with Gasteiger partial charge in [-0.2, -0.15) is 0 Å². The second-order valence-electron chi connectivity index (χ2n) is 4.23. The molecule has 3 N–H and O–H groups in total. The zero-order chi connectivity index (χ0) is 14.8. The van der Waals surface area contributed by atoms with Gasteiger partial charge in [0, 0.05) is 14.6 Å². The smallest absolute Gasteiger partial charge is 0.236 e. The average Bonchev–Trinajstić information content (AvgIpc) is 2.33. The zero-order valence-corrected chi connectivity index (χ0v) is 14.3. The molecule has 0 fully saturated rings. The molecule has 4 nitrogen and oxygen atoms in total. The normalized spacial score (nSPS) is 11.3. The van der Waals surface area contributed by atoms with Crippen molar-refractivity contribution in [1.29, 1.82) is 0 Å². The van der Waals surface area contributed by atoms with Gasteiger partial charge in [0.2, 0.25) is 10.0 Å². The summed E-state index contributed by atoms with van der Waals surface area (Å²) >= 11 is 6.62. The molecule has 0 radical (unpaired) electrons. The van der Waals surface area contributed by atoms with E-state index in [1.807, 2.05) is 6.07 Å². The standard InChI is InChI=1S/C13H12Br2N2O2S/c14-10-4-5-12(15)13(7-10)17-20(18,19)8-9-2-1-3-11(16)6-9/h1-7,17H,8,16H2. The minimum atomic E-state index is -3.50. The van der Waals surface area contributed by atoms with E-state index in [2.05, 4.69) is 36.6 Å². The van der Waals surface area contributed by atoms with Crippen molar-refractivity contribution in [3.63, 3.8) is 0 Å². The lowest BCUT2D eigenvalue weighted by molar-refractivity contribution is 0.600. The van der Waals surface area contributed by atoms with Gasteiger partial charge in [-0.25, -0.2) is 8.42 Å². The summed E-state index contributed by atoms with van der Waals surface area (Å²) in [6, 6.07) is 12.1. The number of benzene rings is 2. The summed E-state index contributed by atoms with van der Waals surface area (Å²) in [6.45, 7) is 0. The molecule has 0 unspecified atom stereocenters. The minimum Gasteiger partial charge on any atom is -0.399 e. The molecule has 2 aromatic carbocycles. The van der Waals surface area contributed by atoms with E-state index in [4.69, 9.17) is 5.73 Å². The Morgan fingerprint density at radius 2 is 1.85 bits per heavy atom. The molecular weight excluding hydrogens is 408 g/mol. The number of anilines is 2. The maximum Gasteiger partial charge on any atom is 0.236 e. The van der Waals surface area contributed by atoms with Crippen LogP contribution in [-0.2, 0) is 15.8 Å². The number of sulfonamides is 1. The third-order valence-electron chi connectivity index (χ3n) is 2.50. The highest BCUT2D eigenvalue weighted by atomic mass is 79.9. The van der Waals surface area contributed by atoms with Crippen molar-refractivity contribution in [3.05, 3.63) is 57.0 Å². The summed E-state index contributed by atoms with van der Waals surface area (Å²) in [5, 5.41) is 0. The van der Waals surface area contributed by atoms with Crippen LogP contribution < -0.4 is 10.5 Å². The molecule has 0 amide bonds. The first-order chi connectivity index (χ1) is 9.35. The third kappa shape index (κ3) is 4.22. The Bertz CT molecular complexity index is 733. The largest absolute Gasteiger partial charge is 0.399 e. The van der Waals surface area contributed by atoms with E-state index in [1.54, 1.807) is 36.4 Å². The van der Waals surface area contributed by atoms with E-state index in [9.17, 15) is 8.42 Å². The quantitative estimate of drug-likeness (QED) is 0.741. The van der Waals surface area contributed by atoms with Gasteiger partial charge < -0.3 is 5.73 Å². The van der Waals surface area contributed by atoms with Crippen LogP contribution in [-0.4, -0.2) is 8.42 Å². The molecule has 0 bridgehead atoms. The second-order valence-corrected chi connectivity index (χ2v) is 7.72. The Morgan fingerprint density at radius 1 is 1.10 bits per heavy atom. The number of nitrogen functional groups attached to an aromatic ring is 1. The molecule has 0 aliphatic heterocycles. The lowest BCUT2D eigenvalue weighted by Gasteiger charge is -2.10. The Labute approximate surface area is 134 Å². The van der Waals surface area contributed by atoms with Crippen LogP contribution in [0.25, 0.3) is 0 Å². The molecular formula is C13H12Br2N2O2S. The van der Waals surface area contributed by atoms with Crippen molar-refractivity contribution < 1.29 is 8.42 Å². The van der Waals surface area contributed by atoms with Gasteiger partial charge in [0.25, 0.3) is 0 Å². The molecule has 0 saturated heterocycles. The van der Waals surface area contributed by atoms with Crippen molar-refractivity contribution >= 4 is 53.3 Å². The maximum absolute atomic E-state index is 12.2. The van der Waals surface area contributed by atoms with Crippen LogP contribution >= 0.6 is 31.9 Å². The SMILES string of the molecule is Nc1cccc(CS(=O)(=O)Nc2cc(Br)ccc2Br)c1. The number of halogens is 2. The topological polar surface area (TPSA) is 72.2 Å². The van der Waals surface area contributed by atoms with Crippen LogP contribution in [0.5, 0.6) is 0 Å². The van der Waals surface area contributed by atoms with Gasteiger partial charge in [-0.15, -0.1) is 0 Å². The summed E-state index contributed by atoms with van der Waals surface area (Å²) in [6.07, 6.45) is 0. The summed E-state index contributed by atoms with van der Waals surface area (Å²) < 4.78 is 28.3. The van der Waals surface area contributed by atoms with Crippen molar-refractivity contribution in [2.45, 2.75) is 5.75 Å². The van der Waals surface area contributed by atoms with Gasteiger partial charge in [0.05, 0.1) is 11.4 Å². The summed E-state index contributed by atoms with van der Waals surface area (Å²) in [4.78, 5) is 0. The lowest BCUT2D eigenvalue weighted by atomic mass is 10.2. The predicted octanol–water partition coefficient (Wildman–Crippen LogP) is 3.74. The van der Waals surface area contributed by atoms with Crippen LogP contribution in [0, 0.1) is 0 Å². The molecule has 0 aliphatic rings. The fourth-order valence-corrected chi connectivity index (χ4v) is 3.71. The third-order valence-corrected chi connectivity index (χ3v) is 4.93. The highest BCUT2D eigenvalue weighted by Crippen LogP contribution is 2.27. The summed E-state index contributed by atoms with van der Waals surface area (Å²) in [7, 11) is -3.50. The molecule has 0 spiro atoms. The van der Waals surface area contributed by atoms with E-state index in [-0.39, 0.29) is 5.75 Å². The van der Waals surface area contributed by atoms with Gasteiger partial charge in [0.15, 0.2) is 0 Å². The fraction of sp³-hybridized carbons (Fsp3) is 0.0769. The molecule has 0 atom stereocenters. The van der Waals surface area contributed by atoms with Gasteiger partial charge in [0.1, 0.15) is 0 Å². The van der Waals surface area contributed by atoms with Crippen molar-refractivity contribution in [3.8, 4) is 0 Å². The number of nitrogens with one attached hydrogen (secondary N) is 1. The van der Waals surface area contributed by atoms with Gasteiger partial charge in [-0.05, 0) is 51.8 Å². The maximum atomic E-state index is 12.2. The van der Waals surface area contributed by atoms with Gasteiger partial charge in [-0.3, -0.25) is 4.72 Å². The molecule has 20 heavy (non-hydrogen) atoms. The fourth-order valence-electron chi connectivity index (χ4n) is 1.68.